The molecule has 0 unspecified atom stereocenters. The van der Waals surface area contributed by atoms with Crippen molar-refractivity contribution in [2.24, 2.45) is 0 Å². The van der Waals surface area contributed by atoms with Crippen molar-refractivity contribution in [3.63, 3.8) is 0 Å². The van der Waals surface area contributed by atoms with E-state index < -0.39 is 5.54 Å². The molecular formula is C16H21FN4O. The number of rotatable bonds is 5. The Morgan fingerprint density at radius 1 is 1.36 bits per heavy atom. The van der Waals surface area contributed by atoms with Gasteiger partial charge in [-0.1, -0.05) is 12.1 Å². The fourth-order valence-corrected chi connectivity index (χ4v) is 2.40. The van der Waals surface area contributed by atoms with Crippen molar-refractivity contribution in [3.8, 4) is 0 Å². The molecule has 6 heteroatoms. The number of nitrogens with zero attached hydrogens (tertiary/aromatic N) is 2. The number of nitrogens with one attached hydrogen (secondary N) is 1. The number of hydrogen-bond donors (Lipinski definition) is 2. The van der Waals surface area contributed by atoms with Crippen molar-refractivity contribution in [3.05, 3.63) is 47.4 Å². The van der Waals surface area contributed by atoms with Crippen molar-refractivity contribution < 1.29 is 9.18 Å². The number of nitrogens with two attached hydrogens (primary N) is 1. The minimum absolute atomic E-state index is 0.0759. The first kappa shape index (κ1) is 16.0. The van der Waals surface area contributed by atoms with Crippen LogP contribution < -0.4 is 11.1 Å². The molecule has 1 heterocycles. The van der Waals surface area contributed by atoms with Gasteiger partial charge in [-0.2, -0.15) is 5.10 Å². The van der Waals surface area contributed by atoms with Gasteiger partial charge in [0, 0.05) is 11.6 Å². The van der Waals surface area contributed by atoms with Gasteiger partial charge in [0.2, 0.25) is 5.91 Å². The maximum atomic E-state index is 12.9. The van der Waals surface area contributed by atoms with Crippen LogP contribution in [0.2, 0.25) is 0 Å². The van der Waals surface area contributed by atoms with Crippen LogP contribution in [0.3, 0.4) is 0 Å². The Balaban J connectivity index is 1.97. The molecule has 0 fully saturated rings. The summed E-state index contributed by atoms with van der Waals surface area (Å²) in [7, 11) is 0. The molecule has 2 aromatic rings. The number of aromatic nitrogens is 2. The van der Waals surface area contributed by atoms with Crippen LogP contribution in [0.15, 0.2) is 30.3 Å². The second-order valence-corrected chi connectivity index (χ2v) is 6.10. The number of hydrogen-bond acceptors (Lipinski definition) is 3. The van der Waals surface area contributed by atoms with E-state index in [-0.39, 0.29) is 18.3 Å². The largest absolute Gasteiger partial charge is 0.384 e. The monoisotopic (exact) mass is 304 g/mol. The first-order chi connectivity index (χ1) is 10.2. The second kappa shape index (κ2) is 6.17. The van der Waals surface area contributed by atoms with E-state index in [4.69, 9.17) is 5.73 Å². The molecule has 118 valence electrons. The van der Waals surface area contributed by atoms with Crippen LogP contribution in [0.1, 0.15) is 25.1 Å². The predicted octanol–water partition coefficient (Wildman–Crippen LogP) is 2.05. The molecule has 0 spiro atoms. The number of benzene rings is 1. The van der Waals surface area contributed by atoms with Crippen molar-refractivity contribution in [2.45, 2.75) is 39.3 Å². The van der Waals surface area contributed by atoms with Gasteiger partial charge in [-0.25, -0.2) is 9.07 Å². The molecule has 0 radical (unpaired) electrons. The van der Waals surface area contributed by atoms with Crippen LogP contribution >= 0.6 is 0 Å². The predicted molar refractivity (Wildman–Crippen MR) is 83.7 cm³/mol. The Bertz CT molecular complexity index is 661. The molecule has 0 bridgehead atoms. The number of halogens is 1. The molecule has 1 aromatic carbocycles. The summed E-state index contributed by atoms with van der Waals surface area (Å²) in [6.45, 7) is 5.74. The molecule has 1 aromatic heterocycles. The highest BCUT2D eigenvalue weighted by molar-refractivity contribution is 5.76. The summed E-state index contributed by atoms with van der Waals surface area (Å²) < 4.78 is 14.4. The first-order valence-corrected chi connectivity index (χ1v) is 7.10. The maximum absolute atomic E-state index is 12.9. The molecule has 5 nitrogen and oxygen atoms in total. The van der Waals surface area contributed by atoms with Gasteiger partial charge in [0.1, 0.15) is 18.2 Å². The number of amides is 1. The van der Waals surface area contributed by atoms with E-state index in [2.05, 4.69) is 10.4 Å². The Morgan fingerprint density at radius 3 is 2.55 bits per heavy atom. The van der Waals surface area contributed by atoms with Crippen LogP contribution in [0.4, 0.5) is 10.2 Å². The van der Waals surface area contributed by atoms with Crippen LogP contribution in [0.5, 0.6) is 0 Å². The van der Waals surface area contributed by atoms with E-state index in [1.807, 2.05) is 20.8 Å². The molecule has 0 aliphatic carbocycles. The lowest BCUT2D eigenvalue weighted by molar-refractivity contribution is -0.123. The Kier molecular flexibility index (Phi) is 4.49. The van der Waals surface area contributed by atoms with Gasteiger partial charge in [-0.05, 0) is 44.9 Å². The molecule has 0 saturated carbocycles. The van der Waals surface area contributed by atoms with Crippen molar-refractivity contribution in [2.75, 3.05) is 5.73 Å². The fraction of sp³-hybridized carbons (Fsp3) is 0.375. The van der Waals surface area contributed by atoms with Crippen molar-refractivity contribution >= 4 is 11.7 Å². The first-order valence-electron chi connectivity index (χ1n) is 7.10. The molecule has 0 aliphatic rings. The highest BCUT2D eigenvalue weighted by atomic mass is 19.1. The van der Waals surface area contributed by atoms with E-state index in [0.29, 0.717) is 12.2 Å². The summed E-state index contributed by atoms with van der Waals surface area (Å²) >= 11 is 0. The van der Waals surface area contributed by atoms with Gasteiger partial charge < -0.3 is 11.1 Å². The number of carbonyl (C=O) groups excluding carboxylic acids is 1. The van der Waals surface area contributed by atoms with Gasteiger partial charge in [0.15, 0.2) is 0 Å². The highest BCUT2D eigenvalue weighted by Crippen LogP contribution is 2.14. The molecule has 3 N–H and O–H groups in total. The average molecular weight is 304 g/mol. The van der Waals surface area contributed by atoms with Crippen molar-refractivity contribution in [1.82, 2.24) is 15.1 Å². The highest BCUT2D eigenvalue weighted by Gasteiger charge is 2.21. The standard InChI is InChI=1S/C16H21FN4O/c1-11-8-14(18)21(20-11)10-15(22)19-16(2,3)9-12-4-6-13(17)7-5-12/h4-8H,9-10,18H2,1-3H3,(H,19,22). The normalized spacial score (nSPS) is 11.5. The Labute approximate surface area is 129 Å². The summed E-state index contributed by atoms with van der Waals surface area (Å²) in [4.78, 5) is 12.1. The topological polar surface area (TPSA) is 72.9 Å². The molecule has 2 rings (SSSR count). The quantitative estimate of drug-likeness (QED) is 0.888. The van der Waals surface area contributed by atoms with Gasteiger partial charge >= 0.3 is 0 Å². The maximum Gasteiger partial charge on any atom is 0.242 e. The van der Waals surface area contributed by atoms with E-state index in [9.17, 15) is 9.18 Å². The third-order valence-corrected chi connectivity index (χ3v) is 3.26. The zero-order valence-electron chi connectivity index (χ0n) is 13.1. The molecule has 0 atom stereocenters. The lowest BCUT2D eigenvalue weighted by Gasteiger charge is -2.26. The van der Waals surface area contributed by atoms with Crippen LogP contribution in [-0.4, -0.2) is 21.2 Å². The van der Waals surface area contributed by atoms with Gasteiger partial charge in [0.05, 0.1) is 5.69 Å². The third-order valence-electron chi connectivity index (χ3n) is 3.26. The summed E-state index contributed by atoms with van der Waals surface area (Å²) in [5, 5.41) is 7.12. The van der Waals surface area contributed by atoms with Crippen LogP contribution in [0.25, 0.3) is 0 Å². The summed E-state index contributed by atoms with van der Waals surface area (Å²) in [6, 6.07) is 7.99. The minimum atomic E-state index is -0.453. The summed E-state index contributed by atoms with van der Waals surface area (Å²) in [5.74, 6) is 0.0287. The van der Waals surface area contributed by atoms with Gasteiger partial charge in [-0.15, -0.1) is 0 Å². The lowest BCUT2D eigenvalue weighted by atomic mass is 9.95. The molecular weight excluding hydrogens is 283 g/mol. The third kappa shape index (κ3) is 4.31. The van der Waals surface area contributed by atoms with E-state index in [0.717, 1.165) is 11.3 Å². The SMILES string of the molecule is Cc1cc(N)n(CC(=O)NC(C)(C)Cc2ccc(F)cc2)n1. The lowest BCUT2D eigenvalue weighted by Crippen LogP contribution is -2.46. The molecule has 1 amide bonds. The van der Waals surface area contributed by atoms with E-state index in [1.54, 1.807) is 18.2 Å². The number of nitrogen functional groups attached to an aromatic ring is 1. The molecule has 22 heavy (non-hydrogen) atoms. The number of carbonyl (C=O) groups is 1. The molecule has 0 saturated heterocycles. The minimum Gasteiger partial charge on any atom is -0.384 e. The van der Waals surface area contributed by atoms with Crippen LogP contribution in [0, 0.1) is 12.7 Å². The Hall–Kier alpha value is -2.37. The summed E-state index contributed by atoms with van der Waals surface area (Å²) in [6.07, 6.45) is 0.604. The van der Waals surface area contributed by atoms with Crippen LogP contribution in [-0.2, 0) is 17.8 Å². The Morgan fingerprint density at radius 2 is 2.00 bits per heavy atom. The van der Waals surface area contributed by atoms with E-state index >= 15 is 0 Å². The zero-order valence-corrected chi connectivity index (χ0v) is 13.1. The van der Waals surface area contributed by atoms with Gasteiger partial charge in [0.25, 0.3) is 0 Å². The molecule has 0 aliphatic heterocycles. The second-order valence-electron chi connectivity index (χ2n) is 6.10. The van der Waals surface area contributed by atoms with Gasteiger partial charge in [-0.3, -0.25) is 4.79 Å². The summed E-state index contributed by atoms with van der Waals surface area (Å²) in [5.41, 5.74) is 7.06. The smallest absolute Gasteiger partial charge is 0.242 e. The zero-order chi connectivity index (χ0) is 16.3. The average Bonchev–Trinajstić information content (AvgIpc) is 2.69. The number of anilines is 1. The van der Waals surface area contributed by atoms with E-state index in [1.165, 1.54) is 16.8 Å². The number of aryl methyl sites for hydroxylation is 1. The fourth-order valence-electron chi connectivity index (χ4n) is 2.40. The van der Waals surface area contributed by atoms with Crippen molar-refractivity contribution in [1.29, 1.82) is 0 Å².